The normalized spacial score (nSPS) is 31.1. The van der Waals surface area contributed by atoms with Crippen molar-refractivity contribution in [2.45, 2.75) is 38.1 Å². The van der Waals surface area contributed by atoms with E-state index in [0.717, 1.165) is 19.4 Å². The molecule has 0 unspecified atom stereocenters. The Kier molecular flexibility index (Phi) is 2.33. The molecule has 21 heavy (non-hydrogen) atoms. The fourth-order valence-corrected chi connectivity index (χ4v) is 5.02. The molecule has 1 saturated carbocycles. The highest BCUT2D eigenvalue weighted by atomic mass is 16.2. The zero-order valence-corrected chi connectivity index (χ0v) is 12.1. The van der Waals surface area contributed by atoms with Crippen LogP contribution >= 0.6 is 0 Å². The lowest BCUT2D eigenvalue weighted by atomic mass is 9.76. The topological polar surface area (TPSA) is 36.1 Å². The molecule has 2 aliphatic heterocycles. The van der Waals surface area contributed by atoms with E-state index in [-0.39, 0.29) is 0 Å². The van der Waals surface area contributed by atoms with Crippen LogP contribution in [0, 0.1) is 11.8 Å². The number of benzene rings is 1. The fourth-order valence-electron chi connectivity index (χ4n) is 5.02. The molecule has 5 rings (SSSR count). The minimum absolute atomic E-state index is 0.293. The van der Waals surface area contributed by atoms with Crippen LogP contribution in [0.15, 0.2) is 24.3 Å². The molecule has 108 valence electrons. The summed E-state index contributed by atoms with van der Waals surface area (Å²) >= 11 is 0. The van der Waals surface area contributed by atoms with Crippen LogP contribution in [0.5, 0.6) is 0 Å². The zero-order valence-electron chi connectivity index (χ0n) is 12.1. The summed E-state index contributed by atoms with van der Waals surface area (Å²) in [6.45, 7) is 0.908. The van der Waals surface area contributed by atoms with Gasteiger partial charge in [0.2, 0.25) is 5.91 Å². The van der Waals surface area contributed by atoms with Crippen molar-refractivity contribution in [3.63, 3.8) is 0 Å². The van der Waals surface area contributed by atoms with Crippen LogP contribution in [-0.2, 0) is 11.2 Å². The third-order valence-electron chi connectivity index (χ3n) is 5.91. The molecule has 3 aliphatic rings. The molecule has 1 amide bonds. The number of nitrogens with zero attached hydrogens (tertiary/aromatic N) is 1. The molecule has 0 spiro atoms. The van der Waals surface area contributed by atoms with E-state index in [1.807, 2.05) is 0 Å². The molecule has 1 N–H and O–H groups in total. The molecule has 1 aromatic heterocycles. The number of hydrogen-bond acceptors (Lipinski definition) is 1. The predicted octanol–water partition coefficient (Wildman–Crippen LogP) is 3.41. The van der Waals surface area contributed by atoms with Gasteiger partial charge >= 0.3 is 0 Å². The average Bonchev–Trinajstić information content (AvgIpc) is 3.04. The number of nitrogens with one attached hydrogen (secondary N) is 1. The van der Waals surface area contributed by atoms with E-state index >= 15 is 0 Å². The molecule has 3 heteroatoms. The summed E-state index contributed by atoms with van der Waals surface area (Å²) in [7, 11) is 0. The first kappa shape index (κ1) is 11.8. The number of carbonyl (C=O) groups is 1. The third kappa shape index (κ3) is 1.47. The Hall–Kier alpha value is -1.77. The van der Waals surface area contributed by atoms with E-state index < -0.39 is 0 Å². The number of aromatic nitrogens is 1. The minimum Gasteiger partial charge on any atom is -0.356 e. The molecular formula is C18H20N2O. The molecule has 2 fully saturated rings. The Morgan fingerprint density at radius 2 is 2.00 bits per heavy atom. The van der Waals surface area contributed by atoms with E-state index in [1.54, 1.807) is 0 Å². The Labute approximate surface area is 124 Å². The van der Waals surface area contributed by atoms with Gasteiger partial charge in [-0.15, -0.1) is 0 Å². The van der Waals surface area contributed by atoms with E-state index in [4.69, 9.17) is 0 Å². The minimum atomic E-state index is 0.293. The van der Waals surface area contributed by atoms with Gasteiger partial charge in [-0.05, 0) is 36.8 Å². The number of carbonyl (C=O) groups excluding carboxylic acids is 1. The Balaban J connectivity index is 1.69. The summed E-state index contributed by atoms with van der Waals surface area (Å²) in [4.78, 5) is 18.5. The van der Waals surface area contributed by atoms with Gasteiger partial charge in [0.05, 0.1) is 6.04 Å². The van der Waals surface area contributed by atoms with Crippen LogP contribution in [0.1, 0.15) is 43.0 Å². The molecule has 3 atom stereocenters. The summed E-state index contributed by atoms with van der Waals surface area (Å²) in [6.07, 6.45) is 5.83. The summed E-state index contributed by atoms with van der Waals surface area (Å²) < 4.78 is 0. The van der Waals surface area contributed by atoms with Crippen molar-refractivity contribution >= 4 is 16.8 Å². The van der Waals surface area contributed by atoms with Crippen LogP contribution in [0.2, 0.25) is 0 Å². The van der Waals surface area contributed by atoms with Gasteiger partial charge in [0.1, 0.15) is 0 Å². The number of amides is 1. The van der Waals surface area contributed by atoms with E-state index in [1.165, 1.54) is 41.4 Å². The molecule has 3 heterocycles. The van der Waals surface area contributed by atoms with Gasteiger partial charge in [0.15, 0.2) is 0 Å². The number of hydrogen-bond donors (Lipinski definition) is 1. The highest BCUT2D eigenvalue weighted by molar-refractivity contribution is 5.88. The maximum absolute atomic E-state index is 12.7. The highest BCUT2D eigenvalue weighted by Crippen LogP contribution is 2.51. The largest absolute Gasteiger partial charge is 0.356 e. The SMILES string of the molecule is O=C1[C@H]2CCCC[C@H]2[C@H]2c3[nH]c4ccccc4c3CCN12. The molecule has 0 bridgehead atoms. The Morgan fingerprint density at radius 1 is 1.14 bits per heavy atom. The molecule has 1 aromatic carbocycles. The number of aromatic amines is 1. The van der Waals surface area contributed by atoms with Crippen molar-refractivity contribution in [3.05, 3.63) is 35.5 Å². The molecular weight excluding hydrogens is 260 g/mol. The van der Waals surface area contributed by atoms with Crippen LogP contribution in [-0.4, -0.2) is 22.3 Å². The quantitative estimate of drug-likeness (QED) is 0.788. The van der Waals surface area contributed by atoms with Crippen LogP contribution in [0.3, 0.4) is 0 Å². The Bertz CT molecular complexity index is 732. The van der Waals surface area contributed by atoms with E-state index in [0.29, 0.717) is 23.8 Å². The standard InChI is InChI=1S/C18H20N2O/c21-18-14-7-2-1-6-13(14)17-16-12(9-10-20(17)18)11-5-3-4-8-15(11)19-16/h3-5,8,13-14,17,19H,1-2,6-7,9-10H2/t13-,14+,17+/m1/s1. The fraction of sp³-hybridized carbons (Fsp3) is 0.500. The van der Waals surface area contributed by atoms with Crippen molar-refractivity contribution in [2.24, 2.45) is 11.8 Å². The number of para-hydroxylation sites is 1. The smallest absolute Gasteiger partial charge is 0.226 e. The second-order valence-electron chi connectivity index (χ2n) is 6.84. The van der Waals surface area contributed by atoms with Crippen molar-refractivity contribution < 1.29 is 4.79 Å². The first-order chi connectivity index (χ1) is 10.3. The predicted molar refractivity (Wildman–Crippen MR) is 81.9 cm³/mol. The van der Waals surface area contributed by atoms with Gasteiger partial charge in [-0.25, -0.2) is 0 Å². The van der Waals surface area contributed by atoms with E-state index in [2.05, 4.69) is 34.1 Å². The van der Waals surface area contributed by atoms with Gasteiger partial charge in [-0.2, -0.15) is 0 Å². The van der Waals surface area contributed by atoms with Gasteiger partial charge in [0, 0.05) is 29.1 Å². The first-order valence-electron chi connectivity index (χ1n) is 8.24. The second-order valence-corrected chi connectivity index (χ2v) is 6.84. The van der Waals surface area contributed by atoms with Gasteiger partial charge in [0.25, 0.3) is 0 Å². The molecule has 3 nitrogen and oxygen atoms in total. The van der Waals surface area contributed by atoms with Crippen LogP contribution in [0.4, 0.5) is 0 Å². The maximum atomic E-state index is 12.7. The molecule has 0 radical (unpaired) electrons. The Morgan fingerprint density at radius 3 is 2.95 bits per heavy atom. The van der Waals surface area contributed by atoms with Crippen LogP contribution < -0.4 is 0 Å². The van der Waals surface area contributed by atoms with Gasteiger partial charge in [-0.1, -0.05) is 31.0 Å². The number of fused-ring (bicyclic) bond motifs is 7. The van der Waals surface area contributed by atoms with Gasteiger partial charge < -0.3 is 9.88 Å². The third-order valence-corrected chi connectivity index (χ3v) is 5.91. The van der Waals surface area contributed by atoms with E-state index in [9.17, 15) is 4.79 Å². The van der Waals surface area contributed by atoms with Crippen LogP contribution in [0.25, 0.3) is 10.9 Å². The van der Waals surface area contributed by atoms with Crippen molar-refractivity contribution in [2.75, 3.05) is 6.54 Å². The summed E-state index contributed by atoms with van der Waals surface area (Å²) in [5.74, 6) is 1.26. The maximum Gasteiger partial charge on any atom is 0.226 e. The zero-order chi connectivity index (χ0) is 14.0. The monoisotopic (exact) mass is 280 g/mol. The lowest BCUT2D eigenvalue weighted by Crippen LogP contribution is -2.35. The molecule has 1 saturated heterocycles. The summed E-state index contributed by atoms with van der Waals surface area (Å²) in [6, 6.07) is 8.90. The highest BCUT2D eigenvalue weighted by Gasteiger charge is 2.51. The molecule has 1 aliphatic carbocycles. The van der Waals surface area contributed by atoms with Gasteiger partial charge in [-0.3, -0.25) is 4.79 Å². The number of rotatable bonds is 0. The lowest BCUT2D eigenvalue weighted by molar-refractivity contribution is -0.132. The van der Waals surface area contributed by atoms with Crippen molar-refractivity contribution in [1.29, 1.82) is 0 Å². The summed E-state index contributed by atoms with van der Waals surface area (Å²) in [5.41, 5.74) is 4.03. The lowest BCUT2D eigenvalue weighted by Gasteiger charge is -2.33. The molecule has 2 aromatic rings. The van der Waals surface area contributed by atoms with Crippen molar-refractivity contribution in [1.82, 2.24) is 9.88 Å². The average molecular weight is 280 g/mol. The summed E-state index contributed by atoms with van der Waals surface area (Å²) in [5, 5.41) is 1.36. The number of H-pyrrole nitrogens is 1. The second kappa shape index (κ2) is 4.12. The first-order valence-corrected chi connectivity index (χ1v) is 8.24. The van der Waals surface area contributed by atoms with Crippen molar-refractivity contribution in [3.8, 4) is 0 Å².